The van der Waals surface area contributed by atoms with Crippen LogP contribution in [0.25, 0.3) is 0 Å². The van der Waals surface area contributed by atoms with Gasteiger partial charge in [0.25, 0.3) is 0 Å². The molecule has 0 aromatic heterocycles. The minimum absolute atomic E-state index is 0.0344. The second-order valence-corrected chi connectivity index (χ2v) is 3.64. The van der Waals surface area contributed by atoms with Crippen molar-refractivity contribution in [1.29, 1.82) is 0 Å². The van der Waals surface area contributed by atoms with E-state index in [9.17, 15) is 18.3 Å². The van der Waals surface area contributed by atoms with Crippen LogP contribution in [0.5, 0.6) is 0 Å². The largest absolute Gasteiger partial charge is 0.416 e. The Labute approximate surface area is 94.4 Å². The molecule has 1 aromatic carbocycles. The lowest BCUT2D eigenvalue weighted by molar-refractivity contribution is -0.139. The van der Waals surface area contributed by atoms with Gasteiger partial charge in [-0.15, -0.1) is 11.6 Å². The first-order valence-electron chi connectivity index (χ1n) is 3.97. The maximum Gasteiger partial charge on any atom is 0.416 e. The molecule has 0 radical (unpaired) electrons. The fourth-order valence-electron chi connectivity index (χ4n) is 1.15. The highest BCUT2D eigenvalue weighted by Crippen LogP contribution is 2.36. The van der Waals surface area contributed by atoms with Crippen molar-refractivity contribution in [2.75, 3.05) is 5.88 Å². The summed E-state index contributed by atoms with van der Waals surface area (Å²) in [6.07, 6.45) is -5.90. The molecule has 1 unspecified atom stereocenters. The van der Waals surface area contributed by atoms with Gasteiger partial charge in [0.15, 0.2) is 0 Å². The number of aliphatic hydroxyl groups is 1. The van der Waals surface area contributed by atoms with Crippen molar-refractivity contribution in [3.05, 3.63) is 34.3 Å². The average Bonchev–Trinajstić information content (AvgIpc) is 2.15. The number of halogens is 5. The summed E-state index contributed by atoms with van der Waals surface area (Å²) in [5.74, 6) is -0.301. The molecule has 84 valence electrons. The first-order valence-corrected chi connectivity index (χ1v) is 4.88. The first-order chi connectivity index (χ1) is 6.86. The van der Waals surface area contributed by atoms with Crippen LogP contribution in [-0.4, -0.2) is 11.0 Å². The predicted octanol–water partition coefficient (Wildman–Crippen LogP) is 3.63. The lowest BCUT2D eigenvalue weighted by Gasteiger charge is -2.16. The van der Waals surface area contributed by atoms with Crippen LogP contribution in [0.4, 0.5) is 13.2 Å². The smallest absolute Gasteiger partial charge is 0.387 e. The Balaban J connectivity index is 3.27. The summed E-state index contributed by atoms with van der Waals surface area (Å²) in [4.78, 5) is 0. The molecular weight excluding hydrogens is 252 g/mol. The van der Waals surface area contributed by atoms with E-state index in [1.807, 2.05) is 0 Å². The molecule has 1 aromatic rings. The summed E-state index contributed by atoms with van der Waals surface area (Å²) in [6.45, 7) is 0. The molecule has 0 fully saturated rings. The van der Waals surface area contributed by atoms with E-state index in [4.69, 9.17) is 23.2 Å². The summed E-state index contributed by atoms with van der Waals surface area (Å²) in [6, 6.07) is 3.17. The number of alkyl halides is 4. The Hall–Kier alpha value is -0.450. The summed E-state index contributed by atoms with van der Waals surface area (Å²) < 4.78 is 37.5. The van der Waals surface area contributed by atoms with Crippen LogP contribution in [0.1, 0.15) is 17.2 Å². The summed E-state index contributed by atoms with van der Waals surface area (Å²) in [7, 11) is 0. The first kappa shape index (κ1) is 12.6. The summed E-state index contributed by atoms with van der Waals surface area (Å²) >= 11 is 10.8. The molecular formula is C9H7Cl2F3O. The van der Waals surface area contributed by atoms with Gasteiger partial charge in [0.1, 0.15) is 0 Å². The van der Waals surface area contributed by atoms with E-state index in [0.717, 1.165) is 12.1 Å². The highest BCUT2D eigenvalue weighted by Gasteiger charge is 2.35. The zero-order valence-electron chi connectivity index (χ0n) is 7.35. The molecule has 1 atom stereocenters. The number of rotatable bonds is 2. The van der Waals surface area contributed by atoms with E-state index >= 15 is 0 Å². The molecule has 1 rings (SSSR count). The van der Waals surface area contributed by atoms with E-state index < -0.39 is 17.8 Å². The van der Waals surface area contributed by atoms with Crippen LogP contribution >= 0.6 is 23.2 Å². The lowest BCUT2D eigenvalue weighted by Crippen LogP contribution is -2.12. The topological polar surface area (TPSA) is 20.2 Å². The van der Waals surface area contributed by atoms with Gasteiger partial charge in [-0.25, -0.2) is 0 Å². The standard InChI is InChI=1S/C9H7Cl2F3O/c10-4-8(15)6-2-1-5(11)3-7(6)9(12,13)14/h1-3,8,15H,4H2. The van der Waals surface area contributed by atoms with Crippen molar-refractivity contribution >= 4 is 23.2 Å². The minimum atomic E-state index is -4.55. The zero-order valence-corrected chi connectivity index (χ0v) is 8.87. The zero-order chi connectivity index (χ0) is 11.6. The molecule has 0 aliphatic heterocycles. The fraction of sp³-hybridized carbons (Fsp3) is 0.333. The normalized spacial score (nSPS) is 14.0. The second kappa shape index (κ2) is 4.60. The Morgan fingerprint density at radius 2 is 1.93 bits per heavy atom. The fourth-order valence-corrected chi connectivity index (χ4v) is 1.49. The predicted molar refractivity (Wildman–Crippen MR) is 52.1 cm³/mol. The van der Waals surface area contributed by atoms with Gasteiger partial charge in [0.05, 0.1) is 17.5 Å². The number of hydrogen-bond donors (Lipinski definition) is 1. The highest BCUT2D eigenvalue weighted by atomic mass is 35.5. The van der Waals surface area contributed by atoms with Gasteiger partial charge < -0.3 is 5.11 Å². The third-order valence-corrected chi connectivity index (χ3v) is 2.35. The molecule has 1 N–H and O–H groups in total. The van der Waals surface area contributed by atoms with Crippen molar-refractivity contribution in [1.82, 2.24) is 0 Å². The van der Waals surface area contributed by atoms with E-state index in [-0.39, 0.29) is 16.5 Å². The maximum atomic E-state index is 12.5. The molecule has 0 amide bonds. The van der Waals surface area contributed by atoms with Crippen molar-refractivity contribution < 1.29 is 18.3 Å². The SMILES string of the molecule is OC(CCl)c1ccc(Cl)cc1C(F)(F)F. The van der Waals surface area contributed by atoms with Gasteiger partial charge in [0, 0.05) is 5.02 Å². The molecule has 0 spiro atoms. The summed E-state index contributed by atoms with van der Waals surface area (Å²) in [5, 5.41) is 9.25. The van der Waals surface area contributed by atoms with Crippen LogP contribution in [0.15, 0.2) is 18.2 Å². The van der Waals surface area contributed by atoms with Crippen molar-refractivity contribution in [3.8, 4) is 0 Å². The number of hydrogen-bond acceptors (Lipinski definition) is 1. The summed E-state index contributed by atoms with van der Waals surface area (Å²) in [5.41, 5.74) is -1.22. The van der Waals surface area contributed by atoms with Gasteiger partial charge >= 0.3 is 6.18 Å². The molecule has 0 heterocycles. The molecule has 0 saturated carbocycles. The molecule has 0 bridgehead atoms. The molecule has 1 nitrogen and oxygen atoms in total. The van der Waals surface area contributed by atoms with Gasteiger partial charge in [-0.2, -0.15) is 13.2 Å². The third kappa shape index (κ3) is 3.00. The van der Waals surface area contributed by atoms with Crippen LogP contribution in [0, 0.1) is 0 Å². The van der Waals surface area contributed by atoms with Crippen molar-refractivity contribution in [3.63, 3.8) is 0 Å². The molecule has 0 aliphatic rings. The highest BCUT2D eigenvalue weighted by molar-refractivity contribution is 6.30. The molecule has 0 saturated heterocycles. The Morgan fingerprint density at radius 3 is 2.40 bits per heavy atom. The van der Waals surface area contributed by atoms with Crippen LogP contribution in [0.3, 0.4) is 0 Å². The molecule has 6 heteroatoms. The number of benzene rings is 1. The second-order valence-electron chi connectivity index (χ2n) is 2.90. The van der Waals surface area contributed by atoms with Crippen molar-refractivity contribution in [2.45, 2.75) is 12.3 Å². The average molecular weight is 259 g/mol. The van der Waals surface area contributed by atoms with Gasteiger partial charge in [-0.3, -0.25) is 0 Å². The quantitative estimate of drug-likeness (QED) is 0.804. The Kier molecular flexibility index (Phi) is 3.87. The van der Waals surface area contributed by atoms with Gasteiger partial charge in [0.2, 0.25) is 0 Å². The van der Waals surface area contributed by atoms with E-state index in [1.54, 1.807) is 0 Å². The Bertz CT molecular complexity index is 352. The van der Waals surface area contributed by atoms with Gasteiger partial charge in [-0.1, -0.05) is 17.7 Å². The number of aliphatic hydroxyl groups excluding tert-OH is 1. The van der Waals surface area contributed by atoms with Crippen LogP contribution in [-0.2, 0) is 6.18 Å². The minimum Gasteiger partial charge on any atom is -0.387 e. The third-order valence-electron chi connectivity index (χ3n) is 1.83. The molecule has 0 aliphatic carbocycles. The van der Waals surface area contributed by atoms with E-state index in [0.29, 0.717) is 0 Å². The van der Waals surface area contributed by atoms with Crippen LogP contribution in [0.2, 0.25) is 5.02 Å². The van der Waals surface area contributed by atoms with Crippen LogP contribution < -0.4 is 0 Å². The van der Waals surface area contributed by atoms with E-state index in [1.165, 1.54) is 6.07 Å². The maximum absolute atomic E-state index is 12.5. The van der Waals surface area contributed by atoms with Gasteiger partial charge in [-0.05, 0) is 17.7 Å². The Morgan fingerprint density at radius 1 is 1.33 bits per heavy atom. The monoisotopic (exact) mass is 258 g/mol. The van der Waals surface area contributed by atoms with E-state index in [2.05, 4.69) is 0 Å². The van der Waals surface area contributed by atoms with Crippen molar-refractivity contribution in [2.24, 2.45) is 0 Å². The lowest BCUT2D eigenvalue weighted by atomic mass is 10.0. The molecule has 15 heavy (non-hydrogen) atoms.